The first kappa shape index (κ1) is 13.7. The lowest BCUT2D eigenvalue weighted by Gasteiger charge is -2.38. The van der Waals surface area contributed by atoms with Crippen LogP contribution in [0.4, 0.5) is 0 Å². The summed E-state index contributed by atoms with van der Waals surface area (Å²) < 4.78 is 0. The minimum atomic E-state index is -0.510. The third-order valence-electron chi connectivity index (χ3n) is 3.72. The summed E-state index contributed by atoms with van der Waals surface area (Å²) in [6, 6.07) is 0. The van der Waals surface area contributed by atoms with Gasteiger partial charge in [-0.2, -0.15) is 0 Å². The maximum Gasteiger partial charge on any atom is 0.229 e. The maximum absolute atomic E-state index is 12.2. The van der Waals surface area contributed by atoms with Crippen LogP contribution >= 0.6 is 11.6 Å². The van der Waals surface area contributed by atoms with E-state index in [0.717, 1.165) is 12.8 Å². The fraction of sp³-hybridized carbons (Fsp3) is 0.846. The van der Waals surface area contributed by atoms with Crippen LogP contribution in [0.2, 0.25) is 0 Å². The Balaban J connectivity index is 1.86. The van der Waals surface area contributed by atoms with Crippen LogP contribution in [-0.2, 0) is 9.59 Å². The largest absolute Gasteiger partial charge is 0.339 e. The number of rotatable bonds is 3. The van der Waals surface area contributed by atoms with Crippen LogP contribution in [0.25, 0.3) is 0 Å². The Hall–Kier alpha value is -0.770. The van der Waals surface area contributed by atoms with Crippen molar-refractivity contribution in [3.05, 3.63) is 0 Å². The molecule has 1 aliphatic carbocycles. The third-order valence-corrected chi connectivity index (χ3v) is 4.39. The van der Waals surface area contributed by atoms with Crippen LogP contribution in [-0.4, -0.2) is 53.7 Å². The van der Waals surface area contributed by atoms with Crippen molar-refractivity contribution in [2.75, 3.05) is 32.1 Å². The Morgan fingerprint density at radius 3 is 2.06 bits per heavy atom. The van der Waals surface area contributed by atoms with E-state index in [1.54, 1.807) is 0 Å². The summed E-state index contributed by atoms with van der Waals surface area (Å²) in [5.41, 5.74) is -0.510. The second kappa shape index (κ2) is 5.08. The van der Waals surface area contributed by atoms with Gasteiger partial charge in [0.05, 0.1) is 5.41 Å². The first-order chi connectivity index (χ1) is 8.45. The van der Waals surface area contributed by atoms with Crippen molar-refractivity contribution < 1.29 is 9.59 Å². The standard InChI is InChI=1S/C13H21ClN2O2/c1-13(2,9-14)12(18)16-7-5-15(6-8-16)11(17)10-3-4-10/h10H,3-9H2,1-2H3. The molecule has 0 atom stereocenters. The van der Waals surface area contributed by atoms with E-state index in [4.69, 9.17) is 11.6 Å². The monoisotopic (exact) mass is 272 g/mol. The van der Waals surface area contributed by atoms with Gasteiger partial charge in [0.15, 0.2) is 0 Å². The molecule has 1 aliphatic heterocycles. The van der Waals surface area contributed by atoms with Gasteiger partial charge in [0.1, 0.15) is 0 Å². The zero-order chi connectivity index (χ0) is 13.3. The molecular weight excluding hydrogens is 252 g/mol. The summed E-state index contributed by atoms with van der Waals surface area (Å²) >= 11 is 5.82. The third kappa shape index (κ3) is 2.79. The van der Waals surface area contributed by atoms with Gasteiger partial charge in [-0.05, 0) is 26.7 Å². The quantitative estimate of drug-likeness (QED) is 0.728. The molecule has 0 radical (unpaired) electrons. The number of hydrogen-bond donors (Lipinski definition) is 0. The van der Waals surface area contributed by atoms with Crippen molar-refractivity contribution in [1.82, 2.24) is 9.80 Å². The molecule has 0 aromatic rings. The number of halogens is 1. The topological polar surface area (TPSA) is 40.6 Å². The lowest BCUT2D eigenvalue weighted by atomic mass is 9.94. The van der Waals surface area contributed by atoms with Crippen molar-refractivity contribution in [3.63, 3.8) is 0 Å². The highest BCUT2D eigenvalue weighted by Gasteiger charge is 2.37. The SMILES string of the molecule is CC(C)(CCl)C(=O)N1CCN(C(=O)C2CC2)CC1. The molecule has 4 nitrogen and oxygen atoms in total. The van der Waals surface area contributed by atoms with Gasteiger partial charge >= 0.3 is 0 Å². The van der Waals surface area contributed by atoms with Crippen molar-refractivity contribution in [1.29, 1.82) is 0 Å². The molecule has 2 aliphatic rings. The van der Waals surface area contributed by atoms with Gasteiger partial charge in [-0.15, -0.1) is 11.6 Å². The van der Waals surface area contributed by atoms with Gasteiger partial charge in [0, 0.05) is 38.0 Å². The number of amides is 2. The summed E-state index contributed by atoms with van der Waals surface area (Å²) in [7, 11) is 0. The fourth-order valence-electron chi connectivity index (χ4n) is 2.20. The Kier molecular flexibility index (Phi) is 3.85. The lowest BCUT2D eigenvalue weighted by molar-refractivity contribution is -0.145. The molecule has 2 rings (SSSR count). The minimum absolute atomic E-state index is 0.0935. The van der Waals surface area contributed by atoms with E-state index >= 15 is 0 Å². The molecule has 0 bridgehead atoms. The predicted octanol–water partition coefficient (Wildman–Crippen LogP) is 1.33. The van der Waals surface area contributed by atoms with Crippen LogP contribution in [0.3, 0.4) is 0 Å². The van der Waals surface area contributed by atoms with Gasteiger partial charge in [-0.25, -0.2) is 0 Å². The number of hydrogen-bond acceptors (Lipinski definition) is 2. The minimum Gasteiger partial charge on any atom is -0.339 e. The summed E-state index contributed by atoms with van der Waals surface area (Å²) in [6.45, 7) is 6.34. The summed E-state index contributed by atoms with van der Waals surface area (Å²) in [5.74, 6) is 0.966. The normalized spacial score (nSPS) is 21.1. The van der Waals surface area contributed by atoms with Gasteiger partial charge in [0.25, 0.3) is 0 Å². The second-order valence-corrected chi connectivity index (χ2v) is 6.18. The number of piperazine rings is 1. The van der Waals surface area contributed by atoms with E-state index in [9.17, 15) is 9.59 Å². The highest BCUT2D eigenvalue weighted by Crippen LogP contribution is 2.31. The molecule has 2 fully saturated rings. The number of carbonyl (C=O) groups is 2. The van der Waals surface area contributed by atoms with Crippen LogP contribution in [0, 0.1) is 11.3 Å². The first-order valence-electron chi connectivity index (χ1n) is 6.60. The fourth-order valence-corrected chi connectivity index (χ4v) is 2.32. The smallest absolute Gasteiger partial charge is 0.229 e. The van der Waals surface area contributed by atoms with Crippen LogP contribution < -0.4 is 0 Å². The van der Waals surface area contributed by atoms with E-state index in [2.05, 4.69) is 0 Å². The van der Waals surface area contributed by atoms with E-state index < -0.39 is 5.41 Å². The Morgan fingerprint density at radius 2 is 1.61 bits per heavy atom. The second-order valence-electron chi connectivity index (χ2n) is 5.91. The van der Waals surface area contributed by atoms with Gasteiger partial charge in [0.2, 0.25) is 11.8 Å². The Morgan fingerprint density at radius 1 is 1.11 bits per heavy atom. The number of alkyl halides is 1. The molecule has 102 valence electrons. The molecule has 2 amide bonds. The Labute approximate surface area is 113 Å². The highest BCUT2D eigenvalue weighted by molar-refractivity contribution is 6.19. The molecule has 0 spiro atoms. The van der Waals surface area contributed by atoms with E-state index in [1.807, 2.05) is 23.6 Å². The van der Waals surface area contributed by atoms with Crippen LogP contribution in [0.15, 0.2) is 0 Å². The average molecular weight is 273 g/mol. The molecule has 0 aromatic heterocycles. The molecule has 0 N–H and O–H groups in total. The van der Waals surface area contributed by atoms with Gasteiger partial charge < -0.3 is 9.80 Å². The molecule has 0 unspecified atom stereocenters. The highest BCUT2D eigenvalue weighted by atomic mass is 35.5. The molecule has 5 heteroatoms. The Bertz CT molecular complexity index is 345. The zero-order valence-electron chi connectivity index (χ0n) is 11.1. The average Bonchev–Trinajstić information content (AvgIpc) is 3.21. The predicted molar refractivity (Wildman–Crippen MR) is 70.4 cm³/mol. The van der Waals surface area contributed by atoms with E-state index in [-0.39, 0.29) is 17.7 Å². The summed E-state index contributed by atoms with van der Waals surface area (Å²) in [4.78, 5) is 27.8. The first-order valence-corrected chi connectivity index (χ1v) is 7.13. The maximum atomic E-state index is 12.2. The lowest BCUT2D eigenvalue weighted by Crippen LogP contribution is -2.54. The summed E-state index contributed by atoms with van der Waals surface area (Å²) in [6.07, 6.45) is 2.08. The molecule has 18 heavy (non-hydrogen) atoms. The molecular formula is C13H21ClN2O2. The zero-order valence-corrected chi connectivity index (χ0v) is 11.9. The van der Waals surface area contributed by atoms with Gasteiger partial charge in [-0.3, -0.25) is 9.59 Å². The molecule has 1 saturated carbocycles. The van der Waals surface area contributed by atoms with Crippen molar-refractivity contribution >= 4 is 23.4 Å². The molecule has 1 saturated heterocycles. The molecule has 1 heterocycles. The van der Waals surface area contributed by atoms with Crippen molar-refractivity contribution in [3.8, 4) is 0 Å². The van der Waals surface area contributed by atoms with Gasteiger partial charge in [-0.1, -0.05) is 0 Å². The summed E-state index contributed by atoms with van der Waals surface area (Å²) in [5, 5.41) is 0. The number of nitrogens with zero attached hydrogens (tertiary/aromatic N) is 2. The number of carbonyl (C=O) groups excluding carboxylic acids is 2. The van der Waals surface area contributed by atoms with E-state index in [0.29, 0.717) is 32.1 Å². The van der Waals surface area contributed by atoms with Crippen LogP contribution in [0.1, 0.15) is 26.7 Å². The molecule has 0 aromatic carbocycles. The van der Waals surface area contributed by atoms with Crippen LogP contribution in [0.5, 0.6) is 0 Å². The van der Waals surface area contributed by atoms with Crippen molar-refractivity contribution in [2.24, 2.45) is 11.3 Å². The van der Waals surface area contributed by atoms with E-state index in [1.165, 1.54) is 0 Å². The van der Waals surface area contributed by atoms with Crippen molar-refractivity contribution in [2.45, 2.75) is 26.7 Å².